The summed E-state index contributed by atoms with van der Waals surface area (Å²) in [6.45, 7) is 1.80. The molecule has 1 heterocycles. The van der Waals surface area contributed by atoms with Crippen LogP contribution in [0, 0.1) is 0 Å². The molecule has 1 aromatic rings. The molecule has 8 heteroatoms. The van der Waals surface area contributed by atoms with Crippen LogP contribution in [-0.4, -0.2) is 50.3 Å². The van der Waals surface area contributed by atoms with Gasteiger partial charge in [0, 0.05) is 32.0 Å². The number of rotatable bonds is 8. The lowest BCUT2D eigenvalue weighted by atomic mass is 10.4. The Morgan fingerprint density at radius 3 is 2.68 bits per heavy atom. The third-order valence-corrected chi connectivity index (χ3v) is 3.49. The molecule has 2 N–H and O–H groups in total. The number of anilines is 1. The monoisotopic (exact) mass is 288 g/mol. The van der Waals surface area contributed by atoms with Gasteiger partial charge in [0.25, 0.3) is 5.56 Å². The molecule has 0 amide bonds. The number of sulfone groups is 1. The van der Waals surface area contributed by atoms with Gasteiger partial charge in [0.2, 0.25) is 0 Å². The number of nitrogens with zero attached hydrogens (tertiary/aromatic N) is 2. The lowest BCUT2D eigenvalue weighted by molar-refractivity contribution is 0.556. The van der Waals surface area contributed by atoms with Crippen molar-refractivity contribution < 1.29 is 8.42 Å². The third-order valence-electron chi connectivity index (χ3n) is 2.46. The van der Waals surface area contributed by atoms with Crippen molar-refractivity contribution in [2.45, 2.75) is 13.0 Å². The van der Waals surface area contributed by atoms with Crippen LogP contribution in [0.3, 0.4) is 0 Å². The molecule has 0 aliphatic rings. The summed E-state index contributed by atoms with van der Waals surface area (Å²) < 4.78 is 23.2. The highest BCUT2D eigenvalue weighted by Gasteiger charge is 2.04. The van der Waals surface area contributed by atoms with E-state index >= 15 is 0 Å². The predicted molar refractivity (Wildman–Crippen MR) is 75.2 cm³/mol. The van der Waals surface area contributed by atoms with E-state index in [1.807, 2.05) is 7.05 Å². The summed E-state index contributed by atoms with van der Waals surface area (Å²) in [7, 11) is -1.15. The Hall–Kier alpha value is -1.41. The highest BCUT2D eigenvalue weighted by molar-refractivity contribution is 7.90. The minimum atomic E-state index is -2.99. The van der Waals surface area contributed by atoms with E-state index in [2.05, 4.69) is 15.7 Å². The molecule has 108 valence electrons. The fraction of sp³-hybridized carbons (Fsp3) is 0.636. The van der Waals surface area contributed by atoms with Crippen molar-refractivity contribution in [3.8, 4) is 0 Å². The van der Waals surface area contributed by atoms with Gasteiger partial charge in [-0.15, -0.1) is 0 Å². The largest absolute Gasteiger partial charge is 0.382 e. The van der Waals surface area contributed by atoms with Crippen LogP contribution in [0.15, 0.2) is 17.1 Å². The first-order valence-corrected chi connectivity index (χ1v) is 8.12. The van der Waals surface area contributed by atoms with Crippen LogP contribution in [-0.2, 0) is 16.4 Å². The van der Waals surface area contributed by atoms with E-state index in [1.54, 1.807) is 6.20 Å². The zero-order valence-corrected chi connectivity index (χ0v) is 12.0. The van der Waals surface area contributed by atoms with Crippen molar-refractivity contribution in [1.82, 2.24) is 15.1 Å². The van der Waals surface area contributed by atoms with Gasteiger partial charge in [0.15, 0.2) is 0 Å². The van der Waals surface area contributed by atoms with E-state index in [9.17, 15) is 13.2 Å². The molecule has 0 radical (unpaired) electrons. The van der Waals surface area contributed by atoms with Crippen LogP contribution in [0.1, 0.15) is 6.42 Å². The number of hydrogen-bond donors (Lipinski definition) is 2. The maximum absolute atomic E-state index is 11.7. The minimum absolute atomic E-state index is 0.0588. The van der Waals surface area contributed by atoms with Crippen LogP contribution in [0.2, 0.25) is 0 Å². The summed E-state index contributed by atoms with van der Waals surface area (Å²) in [5.74, 6) is 0.0588. The highest BCUT2D eigenvalue weighted by Crippen LogP contribution is 1.99. The molecule has 0 atom stereocenters. The normalized spacial score (nSPS) is 11.5. The molecular weight excluding hydrogens is 268 g/mol. The number of hydrogen-bond acceptors (Lipinski definition) is 6. The first kappa shape index (κ1) is 15.6. The Bertz CT molecular complexity index is 553. The molecule has 0 fully saturated rings. The maximum atomic E-state index is 11.7. The Kier molecular flexibility index (Phi) is 5.97. The number of nitrogens with one attached hydrogen (secondary N) is 2. The van der Waals surface area contributed by atoms with Gasteiger partial charge in [-0.3, -0.25) is 4.79 Å². The topological polar surface area (TPSA) is 93.1 Å². The van der Waals surface area contributed by atoms with Crippen LogP contribution in [0.25, 0.3) is 0 Å². The zero-order chi connectivity index (χ0) is 14.3. The fourth-order valence-electron chi connectivity index (χ4n) is 1.51. The molecule has 0 aliphatic heterocycles. The lowest BCUT2D eigenvalue weighted by Crippen LogP contribution is -2.25. The summed E-state index contributed by atoms with van der Waals surface area (Å²) in [4.78, 5) is 11.7. The van der Waals surface area contributed by atoms with Crippen LogP contribution in [0.4, 0.5) is 5.69 Å². The molecule has 0 aliphatic carbocycles. The molecule has 1 rings (SSSR count). The molecule has 7 nitrogen and oxygen atoms in total. The zero-order valence-electron chi connectivity index (χ0n) is 11.2. The summed E-state index contributed by atoms with van der Waals surface area (Å²) in [5.41, 5.74) is 0.433. The number of aromatic nitrogens is 2. The molecule has 0 saturated carbocycles. The van der Waals surface area contributed by atoms with Gasteiger partial charge in [-0.2, -0.15) is 5.10 Å². The van der Waals surface area contributed by atoms with Crippen LogP contribution >= 0.6 is 0 Å². The quantitative estimate of drug-likeness (QED) is 0.615. The molecule has 0 aromatic carbocycles. The molecular formula is C11H20N4O3S. The van der Waals surface area contributed by atoms with Gasteiger partial charge < -0.3 is 10.6 Å². The van der Waals surface area contributed by atoms with Crippen molar-refractivity contribution in [1.29, 1.82) is 0 Å². The maximum Gasteiger partial charge on any atom is 0.268 e. The second kappa shape index (κ2) is 7.25. The van der Waals surface area contributed by atoms with Crippen LogP contribution < -0.4 is 16.2 Å². The van der Waals surface area contributed by atoms with E-state index < -0.39 is 9.84 Å². The molecule has 19 heavy (non-hydrogen) atoms. The molecule has 0 saturated heterocycles. The van der Waals surface area contributed by atoms with E-state index in [0.29, 0.717) is 25.2 Å². The summed E-state index contributed by atoms with van der Waals surface area (Å²) in [5, 5.41) is 10.0. The van der Waals surface area contributed by atoms with E-state index in [4.69, 9.17) is 0 Å². The van der Waals surface area contributed by atoms with E-state index in [1.165, 1.54) is 17.0 Å². The van der Waals surface area contributed by atoms with Gasteiger partial charge in [-0.1, -0.05) is 0 Å². The van der Waals surface area contributed by atoms with E-state index in [-0.39, 0.29) is 11.3 Å². The Balaban J connectivity index is 2.55. The molecule has 1 aromatic heterocycles. The number of aryl methyl sites for hydroxylation is 1. The van der Waals surface area contributed by atoms with Crippen molar-refractivity contribution in [2.24, 2.45) is 0 Å². The second-order valence-electron chi connectivity index (χ2n) is 4.32. The summed E-state index contributed by atoms with van der Waals surface area (Å²) in [6.07, 6.45) is 3.13. The van der Waals surface area contributed by atoms with Gasteiger partial charge in [0.05, 0.1) is 17.6 Å². The van der Waals surface area contributed by atoms with Crippen molar-refractivity contribution in [2.75, 3.05) is 37.5 Å². The van der Waals surface area contributed by atoms with Crippen LogP contribution in [0.5, 0.6) is 0 Å². The second-order valence-corrected chi connectivity index (χ2v) is 6.58. The average Bonchev–Trinajstić information content (AvgIpc) is 2.31. The lowest BCUT2D eigenvalue weighted by Gasteiger charge is -2.07. The van der Waals surface area contributed by atoms with Gasteiger partial charge >= 0.3 is 0 Å². The molecule has 0 spiro atoms. The Morgan fingerprint density at radius 1 is 1.37 bits per heavy atom. The first-order valence-electron chi connectivity index (χ1n) is 6.06. The molecule has 0 unspecified atom stereocenters. The van der Waals surface area contributed by atoms with Gasteiger partial charge in [-0.05, 0) is 13.5 Å². The van der Waals surface area contributed by atoms with E-state index in [0.717, 1.165) is 6.54 Å². The minimum Gasteiger partial charge on any atom is -0.382 e. The highest BCUT2D eigenvalue weighted by atomic mass is 32.2. The smallest absolute Gasteiger partial charge is 0.268 e. The van der Waals surface area contributed by atoms with Gasteiger partial charge in [0.1, 0.15) is 9.84 Å². The summed E-state index contributed by atoms with van der Waals surface area (Å²) in [6, 6.07) is 1.46. The molecule has 0 bridgehead atoms. The Morgan fingerprint density at radius 2 is 2.11 bits per heavy atom. The number of likely N-dealkylation sites (N-methyl/N-ethyl adjacent to an activating group) is 1. The summed E-state index contributed by atoms with van der Waals surface area (Å²) >= 11 is 0. The third kappa shape index (κ3) is 6.35. The SMILES string of the molecule is CNCCNc1cnn(CCCS(C)(=O)=O)c(=O)c1. The predicted octanol–water partition coefficient (Wildman–Crippen LogP) is -0.691. The van der Waals surface area contributed by atoms with Crippen molar-refractivity contribution in [3.05, 3.63) is 22.6 Å². The fourth-order valence-corrected chi connectivity index (χ4v) is 2.16. The van der Waals surface area contributed by atoms with Gasteiger partial charge in [-0.25, -0.2) is 13.1 Å². The van der Waals surface area contributed by atoms with Crippen molar-refractivity contribution >= 4 is 15.5 Å². The van der Waals surface area contributed by atoms with Crippen molar-refractivity contribution in [3.63, 3.8) is 0 Å². The first-order chi connectivity index (χ1) is 8.92. The standard InChI is InChI=1S/C11H20N4O3S/c1-12-4-5-13-10-8-11(16)15(14-9-10)6-3-7-19(2,17)18/h8-9,12-13H,3-7H2,1-2H3. The average molecular weight is 288 g/mol. The Labute approximate surface area is 112 Å².